The first-order valence-electron chi connectivity index (χ1n) is 10.2. The van der Waals surface area contributed by atoms with Crippen LogP contribution in [-0.4, -0.2) is 29.1 Å². The molecule has 0 bridgehead atoms. The van der Waals surface area contributed by atoms with Crippen molar-refractivity contribution in [1.82, 2.24) is 4.90 Å². The van der Waals surface area contributed by atoms with Gasteiger partial charge in [-0.05, 0) is 60.4 Å². The Labute approximate surface area is 173 Å². The van der Waals surface area contributed by atoms with Crippen LogP contribution in [0.15, 0.2) is 42.5 Å². The van der Waals surface area contributed by atoms with Gasteiger partial charge in [-0.25, -0.2) is 0 Å². The third kappa shape index (κ3) is 4.42. The topological polar surface area (TPSA) is 40.5 Å². The van der Waals surface area contributed by atoms with Crippen molar-refractivity contribution in [3.05, 3.63) is 69.7 Å². The second-order valence-electron chi connectivity index (χ2n) is 8.22. The summed E-state index contributed by atoms with van der Waals surface area (Å²) in [4.78, 5) is 13.7. The van der Waals surface area contributed by atoms with Gasteiger partial charge in [0, 0.05) is 24.7 Å². The minimum atomic E-state index is -0.663. The molecular formula is C24H30ClNO2. The van der Waals surface area contributed by atoms with Crippen LogP contribution in [-0.2, 0) is 17.8 Å². The van der Waals surface area contributed by atoms with Crippen LogP contribution in [0.4, 0.5) is 0 Å². The zero-order chi connectivity index (χ0) is 20.3. The molecule has 0 unspecified atom stereocenters. The molecule has 1 aliphatic heterocycles. The van der Waals surface area contributed by atoms with Gasteiger partial charge < -0.3 is 5.11 Å². The third-order valence-corrected chi connectivity index (χ3v) is 6.63. The van der Waals surface area contributed by atoms with E-state index in [9.17, 15) is 9.90 Å². The largest absolute Gasteiger partial charge is 0.481 e. The fourth-order valence-electron chi connectivity index (χ4n) is 4.25. The molecule has 0 spiro atoms. The monoisotopic (exact) mass is 399 g/mol. The highest BCUT2D eigenvalue weighted by atomic mass is 35.5. The van der Waals surface area contributed by atoms with Crippen molar-refractivity contribution in [3.63, 3.8) is 0 Å². The molecule has 2 aromatic rings. The van der Waals surface area contributed by atoms with E-state index in [1.54, 1.807) is 0 Å². The number of carboxylic acids is 1. The number of hydrogen-bond donors (Lipinski definition) is 1. The van der Waals surface area contributed by atoms with Gasteiger partial charge >= 0.3 is 5.97 Å². The summed E-state index contributed by atoms with van der Waals surface area (Å²) in [5.74, 6) is -0.195. The maximum atomic E-state index is 11.5. The molecule has 1 N–H and O–H groups in total. The van der Waals surface area contributed by atoms with E-state index < -0.39 is 11.4 Å². The number of aliphatic carboxylic acids is 1. The Kier molecular flexibility index (Phi) is 6.47. The molecule has 4 heteroatoms. The van der Waals surface area contributed by atoms with Crippen LogP contribution in [0.25, 0.3) is 0 Å². The quantitative estimate of drug-likeness (QED) is 0.620. The average molecular weight is 400 g/mol. The molecule has 1 atom stereocenters. The molecule has 0 radical (unpaired) electrons. The smallest absolute Gasteiger partial charge is 0.312 e. The summed E-state index contributed by atoms with van der Waals surface area (Å²) in [5, 5.41) is 10.3. The van der Waals surface area contributed by atoms with E-state index >= 15 is 0 Å². The lowest BCUT2D eigenvalue weighted by Crippen LogP contribution is -2.59. The SMILES string of the molecule is CC[C@@H](Cc1cccc(CN2CC(CC)(C(=O)O)C2)c1)c1ccc(Cl)c(C)c1. The van der Waals surface area contributed by atoms with Gasteiger partial charge in [0.2, 0.25) is 0 Å². The lowest BCUT2D eigenvalue weighted by atomic mass is 9.77. The number of aryl methyl sites for hydroxylation is 1. The highest BCUT2D eigenvalue weighted by molar-refractivity contribution is 6.31. The van der Waals surface area contributed by atoms with E-state index in [2.05, 4.69) is 55.1 Å². The fraction of sp³-hybridized carbons (Fsp3) is 0.458. The van der Waals surface area contributed by atoms with Crippen molar-refractivity contribution >= 4 is 17.6 Å². The number of rotatable bonds is 8. The van der Waals surface area contributed by atoms with Gasteiger partial charge in [-0.1, -0.05) is 61.8 Å². The van der Waals surface area contributed by atoms with Crippen molar-refractivity contribution in [3.8, 4) is 0 Å². The lowest BCUT2D eigenvalue weighted by molar-refractivity contribution is -0.161. The number of hydrogen-bond acceptors (Lipinski definition) is 2. The Balaban J connectivity index is 1.66. The summed E-state index contributed by atoms with van der Waals surface area (Å²) in [6.45, 7) is 8.36. The van der Waals surface area contributed by atoms with Gasteiger partial charge in [-0.15, -0.1) is 0 Å². The Morgan fingerprint density at radius 1 is 1.18 bits per heavy atom. The molecule has 150 valence electrons. The van der Waals surface area contributed by atoms with Gasteiger partial charge in [0.1, 0.15) is 0 Å². The van der Waals surface area contributed by atoms with Crippen LogP contribution in [0.2, 0.25) is 5.02 Å². The summed E-state index contributed by atoms with van der Waals surface area (Å²) in [6.07, 6.45) is 2.77. The first-order chi connectivity index (χ1) is 13.4. The maximum Gasteiger partial charge on any atom is 0.312 e. The number of carbonyl (C=O) groups is 1. The summed E-state index contributed by atoms with van der Waals surface area (Å²) in [5.41, 5.74) is 4.51. The van der Waals surface area contributed by atoms with Gasteiger partial charge in [0.25, 0.3) is 0 Å². The predicted molar refractivity (Wildman–Crippen MR) is 115 cm³/mol. The van der Waals surface area contributed by atoms with Gasteiger partial charge in [-0.2, -0.15) is 0 Å². The second-order valence-corrected chi connectivity index (χ2v) is 8.63. The lowest BCUT2D eigenvalue weighted by Gasteiger charge is -2.47. The minimum Gasteiger partial charge on any atom is -0.481 e. The van der Waals surface area contributed by atoms with E-state index in [4.69, 9.17) is 11.6 Å². The van der Waals surface area contributed by atoms with Crippen LogP contribution in [0.1, 0.15) is 54.9 Å². The van der Waals surface area contributed by atoms with Gasteiger partial charge in [0.15, 0.2) is 0 Å². The van der Waals surface area contributed by atoms with Crippen molar-refractivity contribution in [2.24, 2.45) is 5.41 Å². The highest BCUT2D eigenvalue weighted by Crippen LogP contribution is 2.35. The standard InChI is InChI=1S/C24H30ClNO2/c1-4-20(21-9-10-22(25)17(3)11-21)13-18-7-6-8-19(12-18)14-26-15-24(5-2,16-26)23(27)28/h6-12,20H,4-5,13-16H2,1-3H3,(H,27,28)/t20-/m0/s1. The van der Waals surface area contributed by atoms with E-state index in [0.29, 0.717) is 25.4 Å². The Morgan fingerprint density at radius 2 is 1.89 bits per heavy atom. The normalized spacial score (nSPS) is 17.1. The van der Waals surface area contributed by atoms with Crippen LogP contribution < -0.4 is 0 Å². The molecule has 0 saturated carbocycles. The molecule has 0 amide bonds. The van der Waals surface area contributed by atoms with Gasteiger partial charge in [-0.3, -0.25) is 9.69 Å². The molecule has 3 nitrogen and oxygen atoms in total. The first kappa shape index (κ1) is 20.9. The zero-order valence-corrected chi connectivity index (χ0v) is 17.8. The molecule has 28 heavy (non-hydrogen) atoms. The van der Waals surface area contributed by atoms with E-state index in [0.717, 1.165) is 30.0 Å². The minimum absolute atomic E-state index is 0.468. The number of benzene rings is 2. The van der Waals surface area contributed by atoms with Crippen LogP contribution in [0.5, 0.6) is 0 Å². The van der Waals surface area contributed by atoms with E-state index in [1.165, 1.54) is 16.7 Å². The molecular weight excluding hydrogens is 370 g/mol. The third-order valence-electron chi connectivity index (χ3n) is 6.21. The number of carboxylic acid groups (broad SMARTS) is 1. The van der Waals surface area contributed by atoms with Crippen LogP contribution in [0, 0.1) is 12.3 Å². The molecule has 3 rings (SSSR count). The van der Waals surface area contributed by atoms with Crippen molar-refractivity contribution in [2.45, 2.75) is 52.5 Å². The summed E-state index contributed by atoms with van der Waals surface area (Å²) in [7, 11) is 0. The molecule has 0 aliphatic carbocycles. The Hall–Kier alpha value is -1.84. The van der Waals surface area contributed by atoms with Crippen LogP contribution >= 0.6 is 11.6 Å². The molecule has 0 aromatic heterocycles. The first-order valence-corrected chi connectivity index (χ1v) is 10.5. The Morgan fingerprint density at radius 3 is 2.50 bits per heavy atom. The molecule has 1 fully saturated rings. The fourth-order valence-corrected chi connectivity index (χ4v) is 4.37. The van der Waals surface area contributed by atoms with Crippen molar-refractivity contribution in [1.29, 1.82) is 0 Å². The van der Waals surface area contributed by atoms with E-state index in [-0.39, 0.29) is 0 Å². The van der Waals surface area contributed by atoms with Crippen LogP contribution in [0.3, 0.4) is 0 Å². The molecule has 1 aliphatic rings. The molecule has 1 saturated heterocycles. The summed E-state index contributed by atoms with van der Waals surface area (Å²) >= 11 is 6.19. The zero-order valence-electron chi connectivity index (χ0n) is 17.0. The number of likely N-dealkylation sites (tertiary alicyclic amines) is 1. The van der Waals surface area contributed by atoms with Gasteiger partial charge in [0.05, 0.1) is 5.41 Å². The Bertz CT molecular complexity index is 842. The highest BCUT2D eigenvalue weighted by Gasteiger charge is 2.47. The second kappa shape index (κ2) is 8.67. The van der Waals surface area contributed by atoms with Crippen molar-refractivity contribution < 1.29 is 9.90 Å². The summed E-state index contributed by atoms with van der Waals surface area (Å²) in [6, 6.07) is 15.1. The molecule has 2 aromatic carbocycles. The number of nitrogens with zero attached hydrogens (tertiary/aromatic N) is 1. The maximum absolute atomic E-state index is 11.5. The van der Waals surface area contributed by atoms with E-state index in [1.807, 2.05) is 13.0 Å². The predicted octanol–water partition coefficient (Wildman–Crippen LogP) is 5.68. The number of halogens is 1. The summed E-state index contributed by atoms with van der Waals surface area (Å²) < 4.78 is 0. The van der Waals surface area contributed by atoms with Crippen molar-refractivity contribution in [2.75, 3.05) is 13.1 Å². The average Bonchev–Trinajstić information content (AvgIpc) is 2.64. The molecule has 1 heterocycles.